The van der Waals surface area contributed by atoms with Gasteiger partial charge in [-0.3, -0.25) is 18.8 Å². The average Bonchev–Trinajstić information content (AvgIpc) is 3.13. The lowest BCUT2D eigenvalue weighted by atomic mass is 9.98. The van der Waals surface area contributed by atoms with Crippen LogP contribution in [0.5, 0.6) is 5.75 Å². The Morgan fingerprint density at radius 1 is 0.800 bits per heavy atom. The Hall–Kier alpha value is -4.71. The largest absolute Gasteiger partial charge is 0.497 e. The summed E-state index contributed by atoms with van der Waals surface area (Å²) in [5.41, 5.74) is 3.27. The maximum absolute atomic E-state index is 14.0. The number of hydrogen-bond acceptors (Lipinski definition) is 7. The highest BCUT2D eigenvalue weighted by molar-refractivity contribution is 7.92. The van der Waals surface area contributed by atoms with Gasteiger partial charge < -0.3 is 20.1 Å². The summed E-state index contributed by atoms with van der Waals surface area (Å²) in [6, 6.07) is 30.2. The topological polar surface area (TPSA) is 119 Å². The number of aliphatic hydroxyl groups excluding tert-OH is 1. The van der Waals surface area contributed by atoms with Crippen LogP contribution in [0.3, 0.4) is 0 Å². The molecule has 2 N–H and O–H groups in total. The van der Waals surface area contributed by atoms with Crippen LogP contribution in [0, 0.1) is 0 Å². The van der Waals surface area contributed by atoms with Gasteiger partial charge in [-0.05, 0) is 74.3 Å². The fourth-order valence-corrected chi connectivity index (χ4v) is 6.18. The Morgan fingerprint density at radius 2 is 1.36 bits per heavy atom. The molecule has 0 aliphatic rings. The first kappa shape index (κ1) is 38.1. The first-order chi connectivity index (χ1) is 23.7. The number of benzene rings is 4. The summed E-state index contributed by atoms with van der Waals surface area (Å²) in [4.78, 5) is 31.5. The number of nitrogens with one attached hydrogen (secondary N) is 1. The normalized spacial score (nSPS) is 13.9. The minimum Gasteiger partial charge on any atom is -0.497 e. The van der Waals surface area contributed by atoms with E-state index in [2.05, 4.69) is 12.2 Å². The zero-order chi connectivity index (χ0) is 36.6. The molecule has 4 aromatic rings. The van der Waals surface area contributed by atoms with Crippen molar-refractivity contribution in [1.29, 1.82) is 0 Å². The van der Waals surface area contributed by atoms with Crippen LogP contribution in [0.15, 0.2) is 103 Å². The third-order valence-corrected chi connectivity index (χ3v) is 10.5. The second-order valence-corrected chi connectivity index (χ2v) is 14.7. The number of methoxy groups -OCH3 is 1. The van der Waals surface area contributed by atoms with Crippen molar-refractivity contribution in [3.8, 4) is 5.75 Å². The number of rotatable bonds is 15. The van der Waals surface area contributed by atoms with E-state index in [0.717, 1.165) is 27.3 Å². The SMILES string of the molecule is COc1ccc(C(C)N(C)C(=O)c2cc(C(=O)N[C@@H](Cc3ccccc3)[C@H](O)CN(C)[C@@H](C)c3ccccc3)cc(N(C)S(C)(=O)=O)c2)cc1. The molecule has 2 amide bonds. The third kappa shape index (κ3) is 9.71. The molecular formula is C39H48N4O6S. The molecule has 4 rings (SSSR count). The number of aliphatic hydroxyl groups is 1. The molecule has 0 aliphatic carbocycles. The van der Waals surface area contributed by atoms with Crippen LogP contribution >= 0.6 is 0 Å². The van der Waals surface area contributed by atoms with Crippen LogP contribution in [0.25, 0.3) is 0 Å². The van der Waals surface area contributed by atoms with Crippen LogP contribution in [0.4, 0.5) is 5.69 Å². The van der Waals surface area contributed by atoms with E-state index in [1.54, 1.807) is 14.2 Å². The van der Waals surface area contributed by atoms with Crippen molar-refractivity contribution in [3.05, 3.63) is 131 Å². The third-order valence-electron chi connectivity index (χ3n) is 9.29. The number of hydrogen-bond donors (Lipinski definition) is 2. The number of sulfonamides is 1. The number of ether oxygens (including phenoxy) is 1. The van der Waals surface area contributed by atoms with Crippen LogP contribution in [-0.2, 0) is 16.4 Å². The molecule has 0 aliphatic heterocycles. The lowest BCUT2D eigenvalue weighted by Crippen LogP contribution is -2.49. The molecule has 50 heavy (non-hydrogen) atoms. The second kappa shape index (κ2) is 16.8. The Bertz CT molecular complexity index is 1840. The van der Waals surface area contributed by atoms with Crippen LogP contribution < -0.4 is 14.4 Å². The lowest BCUT2D eigenvalue weighted by molar-refractivity contribution is 0.0656. The zero-order valence-electron chi connectivity index (χ0n) is 29.8. The monoisotopic (exact) mass is 700 g/mol. The van der Waals surface area contributed by atoms with Gasteiger partial charge in [-0.1, -0.05) is 72.8 Å². The lowest BCUT2D eigenvalue weighted by Gasteiger charge is -2.31. The summed E-state index contributed by atoms with van der Waals surface area (Å²) in [6.45, 7) is 4.20. The Morgan fingerprint density at radius 3 is 1.94 bits per heavy atom. The number of anilines is 1. The van der Waals surface area contributed by atoms with Gasteiger partial charge in [0.2, 0.25) is 10.0 Å². The smallest absolute Gasteiger partial charge is 0.254 e. The summed E-state index contributed by atoms with van der Waals surface area (Å²) in [5, 5.41) is 14.6. The molecule has 10 nitrogen and oxygen atoms in total. The minimum absolute atomic E-state index is 0.00741. The van der Waals surface area contributed by atoms with Crippen molar-refractivity contribution in [2.45, 2.75) is 44.5 Å². The molecule has 0 fully saturated rings. The van der Waals surface area contributed by atoms with Crippen molar-refractivity contribution < 1.29 is 27.9 Å². The molecule has 0 aromatic heterocycles. The van der Waals surface area contributed by atoms with Gasteiger partial charge in [0.05, 0.1) is 37.2 Å². The molecule has 0 radical (unpaired) electrons. The summed E-state index contributed by atoms with van der Waals surface area (Å²) in [6.07, 6.45) is 0.436. The predicted molar refractivity (Wildman–Crippen MR) is 198 cm³/mol. The van der Waals surface area contributed by atoms with Gasteiger partial charge in [-0.25, -0.2) is 8.42 Å². The fraction of sp³-hybridized carbons (Fsp3) is 0.333. The van der Waals surface area contributed by atoms with E-state index in [0.29, 0.717) is 12.2 Å². The van der Waals surface area contributed by atoms with Crippen molar-refractivity contribution in [1.82, 2.24) is 15.1 Å². The Labute approximate surface area is 296 Å². The molecule has 4 aromatic carbocycles. The number of carbonyl (C=O) groups is 2. The highest BCUT2D eigenvalue weighted by atomic mass is 32.2. The molecule has 1 unspecified atom stereocenters. The summed E-state index contributed by atoms with van der Waals surface area (Å²) in [5.74, 6) is -0.258. The minimum atomic E-state index is -3.73. The standard InChI is InChI=1S/C39H48N4O6S/c1-27(30-16-12-9-13-17-30)41(3)26-37(44)36(22-29-14-10-8-11-15-29)40-38(45)32-23-33(25-34(24-32)43(5)50(7,47)48)39(46)42(4)28(2)31-18-20-35(49-6)21-19-31/h8-21,23-25,27-28,36-37,44H,22,26H2,1-7H3,(H,40,45)/t27-,28?,36-,37+/m0/s1. The van der Waals surface area contributed by atoms with E-state index < -0.39 is 34.0 Å². The zero-order valence-corrected chi connectivity index (χ0v) is 30.6. The molecule has 0 bridgehead atoms. The number of amides is 2. The number of nitrogens with zero attached hydrogens (tertiary/aromatic N) is 3. The summed E-state index contributed by atoms with van der Waals surface area (Å²) >= 11 is 0. The number of likely N-dealkylation sites (N-methyl/N-ethyl adjacent to an activating group) is 1. The molecule has 0 heterocycles. The molecule has 0 spiro atoms. The molecule has 0 saturated carbocycles. The maximum Gasteiger partial charge on any atom is 0.254 e. The number of carbonyl (C=O) groups excluding carboxylic acids is 2. The second-order valence-electron chi connectivity index (χ2n) is 12.7. The van der Waals surface area contributed by atoms with Gasteiger partial charge in [0.15, 0.2) is 0 Å². The quantitative estimate of drug-likeness (QED) is 0.172. The first-order valence-electron chi connectivity index (χ1n) is 16.5. The highest BCUT2D eigenvalue weighted by Crippen LogP contribution is 2.27. The average molecular weight is 701 g/mol. The van der Waals surface area contributed by atoms with Crippen molar-refractivity contribution in [2.75, 3.05) is 45.4 Å². The van der Waals surface area contributed by atoms with Gasteiger partial charge in [0, 0.05) is 37.8 Å². The van der Waals surface area contributed by atoms with Crippen molar-refractivity contribution in [3.63, 3.8) is 0 Å². The van der Waals surface area contributed by atoms with Gasteiger partial charge >= 0.3 is 0 Å². The van der Waals surface area contributed by atoms with Crippen LogP contribution in [0.2, 0.25) is 0 Å². The van der Waals surface area contributed by atoms with Crippen molar-refractivity contribution >= 4 is 27.5 Å². The van der Waals surface area contributed by atoms with Crippen LogP contribution in [-0.4, -0.2) is 88.3 Å². The Balaban J connectivity index is 1.65. The fourth-order valence-electron chi connectivity index (χ4n) is 5.69. The van der Waals surface area contributed by atoms with Gasteiger partial charge in [-0.15, -0.1) is 0 Å². The van der Waals surface area contributed by atoms with Gasteiger partial charge in [0.25, 0.3) is 11.8 Å². The summed E-state index contributed by atoms with van der Waals surface area (Å²) < 4.78 is 31.5. The molecule has 4 atom stereocenters. The van der Waals surface area contributed by atoms with E-state index >= 15 is 0 Å². The van der Waals surface area contributed by atoms with E-state index in [-0.39, 0.29) is 35.4 Å². The summed E-state index contributed by atoms with van der Waals surface area (Å²) in [7, 11) is 2.80. The van der Waals surface area contributed by atoms with Gasteiger partial charge in [-0.2, -0.15) is 0 Å². The van der Waals surface area contributed by atoms with E-state index in [1.807, 2.05) is 104 Å². The molecule has 11 heteroatoms. The van der Waals surface area contributed by atoms with E-state index in [1.165, 1.54) is 30.1 Å². The van der Waals surface area contributed by atoms with Crippen LogP contribution in [0.1, 0.15) is 63.3 Å². The van der Waals surface area contributed by atoms with Gasteiger partial charge in [0.1, 0.15) is 5.75 Å². The maximum atomic E-state index is 14.0. The Kier molecular flexibility index (Phi) is 12.8. The van der Waals surface area contributed by atoms with E-state index in [9.17, 15) is 23.1 Å². The first-order valence-corrected chi connectivity index (χ1v) is 18.3. The van der Waals surface area contributed by atoms with E-state index in [4.69, 9.17) is 4.74 Å². The molecule has 0 saturated heterocycles. The predicted octanol–water partition coefficient (Wildman–Crippen LogP) is 5.32. The molecule has 266 valence electrons. The van der Waals surface area contributed by atoms with Crippen molar-refractivity contribution in [2.24, 2.45) is 0 Å². The molecular weight excluding hydrogens is 653 g/mol. The highest BCUT2D eigenvalue weighted by Gasteiger charge is 2.28.